The van der Waals surface area contributed by atoms with Gasteiger partial charge in [0.2, 0.25) is 0 Å². The number of amides is 1. The highest BCUT2D eigenvalue weighted by Gasteiger charge is 2.15. The van der Waals surface area contributed by atoms with Crippen LogP contribution in [0.2, 0.25) is 0 Å². The predicted molar refractivity (Wildman–Crippen MR) is 117 cm³/mol. The molecule has 0 fully saturated rings. The van der Waals surface area contributed by atoms with E-state index >= 15 is 0 Å². The molecule has 0 spiro atoms. The number of hydrogen-bond donors (Lipinski definition) is 5. The molecule has 3 rings (SSSR count). The topological polar surface area (TPSA) is 142 Å². The lowest BCUT2D eigenvalue weighted by Crippen LogP contribution is -2.43. The van der Waals surface area contributed by atoms with Crippen molar-refractivity contribution in [2.45, 2.75) is 26.3 Å². The summed E-state index contributed by atoms with van der Waals surface area (Å²) in [5.74, 6) is 1.31. The maximum Gasteiger partial charge on any atom is 0.258 e. The lowest BCUT2D eigenvalue weighted by molar-refractivity contribution is -0.124. The molecule has 0 saturated carbocycles. The third-order valence-electron chi connectivity index (χ3n) is 3.99. The van der Waals surface area contributed by atoms with Gasteiger partial charge < -0.3 is 31.5 Å². The standard InChI is InChI=1S/C21H25N7O2/c1-21(2,3)28-17(29)12-30-15-6-4-5-13(9-15)18-26-19-16(7-8-24-19)20(27-18)25-14(10-22)11-23/h4-11,22H,12,23H2,1-3H3,(H,28,29)(H2,24,25,26,27)/b14-11+,22-10?. The Hall–Kier alpha value is -3.88. The molecule has 9 heteroatoms. The lowest BCUT2D eigenvalue weighted by atomic mass is 10.1. The van der Waals surface area contributed by atoms with Gasteiger partial charge in [-0.1, -0.05) is 12.1 Å². The molecule has 3 aromatic rings. The number of benzene rings is 1. The largest absolute Gasteiger partial charge is 0.484 e. The van der Waals surface area contributed by atoms with Gasteiger partial charge in [0.25, 0.3) is 5.91 Å². The van der Waals surface area contributed by atoms with Gasteiger partial charge >= 0.3 is 0 Å². The fraction of sp³-hybridized carbons (Fsp3) is 0.238. The van der Waals surface area contributed by atoms with Crippen LogP contribution >= 0.6 is 0 Å². The van der Waals surface area contributed by atoms with Crippen molar-refractivity contribution in [1.29, 1.82) is 5.41 Å². The van der Waals surface area contributed by atoms with E-state index < -0.39 is 0 Å². The zero-order valence-corrected chi connectivity index (χ0v) is 17.1. The summed E-state index contributed by atoms with van der Waals surface area (Å²) in [4.78, 5) is 24.2. The van der Waals surface area contributed by atoms with E-state index in [1.165, 1.54) is 6.20 Å². The smallest absolute Gasteiger partial charge is 0.258 e. The normalized spacial score (nSPS) is 11.9. The van der Waals surface area contributed by atoms with Gasteiger partial charge in [-0.05, 0) is 39.0 Å². The minimum atomic E-state index is -0.321. The van der Waals surface area contributed by atoms with Crippen molar-refractivity contribution in [3.05, 3.63) is 48.4 Å². The SMILES string of the molecule is CC(C)(C)NC(=O)COc1cccc(-c2nc(N/C(C=N)=C/N)c3cc[nH]c3n2)c1. The number of fused-ring (bicyclic) bond motifs is 1. The van der Waals surface area contributed by atoms with Crippen molar-refractivity contribution in [3.8, 4) is 17.1 Å². The minimum Gasteiger partial charge on any atom is -0.484 e. The number of ether oxygens (including phenoxy) is 1. The molecule has 156 valence electrons. The second-order valence-corrected chi connectivity index (χ2v) is 7.64. The van der Waals surface area contributed by atoms with Gasteiger partial charge in [0, 0.05) is 29.7 Å². The predicted octanol–water partition coefficient (Wildman–Crippen LogP) is 2.78. The van der Waals surface area contributed by atoms with E-state index in [9.17, 15) is 4.79 Å². The zero-order valence-electron chi connectivity index (χ0n) is 17.1. The number of aromatic amines is 1. The summed E-state index contributed by atoms with van der Waals surface area (Å²) in [7, 11) is 0. The number of aromatic nitrogens is 3. The van der Waals surface area contributed by atoms with Crippen molar-refractivity contribution in [2.24, 2.45) is 5.73 Å². The van der Waals surface area contributed by atoms with Crippen LogP contribution in [-0.2, 0) is 4.79 Å². The van der Waals surface area contributed by atoms with E-state index in [1.54, 1.807) is 18.3 Å². The van der Waals surface area contributed by atoms with E-state index in [2.05, 4.69) is 25.6 Å². The van der Waals surface area contributed by atoms with Crippen LogP contribution in [0.3, 0.4) is 0 Å². The number of hydrogen-bond acceptors (Lipinski definition) is 7. The second-order valence-electron chi connectivity index (χ2n) is 7.64. The average Bonchev–Trinajstić information content (AvgIpc) is 3.18. The summed E-state index contributed by atoms with van der Waals surface area (Å²) in [5, 5.41) is 14.1. The Labute approximate surface area is 174 Å². The van der Waals surface area contributed by atoms with Gasteiger partial charge in [-0.25, -0.2) is 9.97 Å². The number of nitrogens with two attached hydrogens (primary N) is 1. The van der Waals surface area contributed by atoms with Gasteiger partial charge in [0.1, 0.15) is 17.2 Å². The maximum atomic E-state index is 12.0. The maximum absolute atomic E-state index is 12.0. The molecule has 0 bridgehead atoms. The molecule has 0 atom stereocenters. The van der Waals surface area contributed by atoms with E-state index in [1.807, 2.05) is 39.0 Å². The summed E-state index contributed by atoms with van der Waals surface area (Å²) in [6, 6.07) is 9.04. The number of allylic oxidation sites excluding steroid dienone is 1. The molecule has 0 aliphatic heterocycles. The number of H-pyrrole nitrogens is 1. The van der Waals surface area contributed by atoms with E-state index in [-0.39, 0.29) is 18.1 Å². The molecule has 2 heterocycles. The van der Waals surface area contributed by atoms with Crippen LogP contribution < -0.4 is 21.1 Å². The van der Waals surface area contributed by atoms with Crippen molar-refractivity contribution in [3.63, 3.8) is 0 Å². The minimum absolute atomic E-state index is 0.0892. The molecule has 0 unspecified atom stereocenters. The molecule has 30 heavy (non-hydrogen) atoms. The Morgan fingerprint density at radius 3 is 2.80 bits per heavy atom. The molecule has 1 aromatic carbocycles. The molecule has 0 radical (unpaired) electrons. The summed E-state index contributed by atoms with van der Waals surface area (Å²) >= 11 is 0. The molecule has 2 aromatic heterocycles. The Kier molecular flexibility index (Phi) is 6.01. The lowest BCUT2D eigenvalue weighted by Gasteiger charge is -2.20. The second kappa shape index (κ2) is 8.64. The van der Waals surface area contributed by atoms with Gasteiger partial charge in [-0.3, -0.25) is 4.79 Å². The van der Waals surface area contributed by atoms with Crippen LogP contribution in [0.25, 0.3) is 22.4 Å². The number of carbonyl (C=O) groups is 1. The first kappa shape index (κ1) is 20.8. The van der Waals surface area contributed by atoms with Gasteiger partial charge in [-0.2, -0.15) is 0 Å². The third-order valence-corrected chi connectivity index (χ3v) is 3.99. The van der Waals surface area contributed by atoms with Crippen molar-refractivity contribution < 1.29 is 9.53 Å². The Balaban J connectivity index is 1.86. The summed E-state index contributed by atoms with van der Waals surface area (Å²) in [6.45, 7) is 5.65. The van der Waals surface area contributed by atoms with Crippen LogP contribution in [0.1, 0.15) is 20.8 Å². The first-order valence-electron chi connectivity index (χ1n) is 9.38. The Morgan fingerprint density at radius 1 is 1.30 bits per heavy atom. The third kappa shape index (κ3) is 5.13. The highest BCUT2D eigenvalue weighted by atomic mass is 16.5. The van der Waals surface area contributed by atoms with Crippen LogP contribution in [0, 0.1) is 5.41 Å². The zero-order chi connectivity index (χ0) is 21.7. The van der Waals surface area contributed by atoms with E-state index in [4.69, 9.17) is 15.9 Å². The molecule has 0 aliphatic carbocycles. The highest BCUT2D eigenvalue weighted by molar-refractivity contribution is 5.92. The number of rotatable bonds is 7. The van der Waals surface area contributed by atoms with Crippen LogP contribution in [0.5, 0.6) is 5.75 Å². The highest BCUT2D eigenvalue weighted by Crippen LogP contribution is 2.27. The molecule has 9 nitrogen and oxygen atoms in total. The van der Waals surface area contributed by atoms with Gasteiger partial charge in [0.15, 0.2) is 12.4 Å². The fourth-order valence-corrected chi connectivity index (χ4v) is 2.76. The summed E-state index contributed by atoms with van der Waals surface area (Å²) in [5.41, 5.74) is 6.98. The Morgan fingerprint density at radius 2 is 2.10 bits per heavy atom. The fourth-order valence-electron chi connectivity index (χ4n) is 2.76. The molecular formula is C21H25N7O2. The number of carbonyl (C=O) groups excluding carboxylic acids is 1. The van der Waals surface area contributed by atoms with Crippen molar-refractivity contribution in [1.82, 2.24) is 20.3 Å². The van der Waals surface area contributed by atoms with Crippen LogP contribution in [0.15, 0.2) is 48.4 Å². The molecule has 0 saturated heterocycles. The summed E-state index contributed by atoms with van der Waals surface area (Å²) in [6.07, 6.45) is 4.17. The van der Waals surface area contributed by atoms with Gasteiger partial charge in [-0.15, -0.1) is 0 Å². The van der Waals surface area contributed by atoms with E-state index in [0.29, 0.717) is 28.7 Å². The molecule has 6 N–H and O–H groups in total. The number of nitrogens with one attached hydrogen (secondary N) is 4. The Bertz CT molecular complexity index is 1100. The average molecular weight is 407 g/mol. The monoisotopic (exact) mass is 407 g/mol. The molecule has 0 aliphatic rings. The first-order chi connectivity index (χ1) is 14.3. The quantitative estimate of drug-likeness (QED) is 0.381. The molecular weight excluding hydrogens is 382 g/mol. The van der Waals surface area contributed by atoms with Crippen LogP contribution in [-0.4, -0.2) is 39.2 Å². The van der Waals surface area contributed by atoms with Gasteiger partial charge in [0.05, 0.1) is 11.1 Å². The summed E-state index contributed by atoms with van der Waals surface area (Å²) < 4.78 is 5.63. The number of anilines is 1. The first-order valence-corrected chi connectivity index (χ1v) is 9.38. The molecule has 1 amide bonds. The number of nitrogens with zero attached hydrogens (tertiary/aromatic N) is 2. The van der Waals surface area contributed by atoms with Crippen molar-refractivity contribution in [2.75, 3.05) is 11.9 Å². The van der Waals surface area contributed by atoms with E-state index in [0.717, 1.165) is 17.2 Å². The van der Waals surface area contributed by atoms with Crippen molar-refractivity contribution >= 4 is 29.0 Å². The van der Waals surface area contributed by atoms with Crippen LogP contribution in [0.4, 0.5) is 5.82 Å².